The molecule has 0 fully saturated rings. The van der Waals surface area contributed by atoms with Gasteiger partial charge < -0.3 is 9.67 Å². The summed E-state index contributed by atoms with van der Waals surface area (Å²) in [6, 6.07) is 5.19. The minimum atomic E-state index is -0.890. The fourth-order valence-electron chi connectivity index (χ4n) is 2.57. The zero-order valence-electron chi connectivity index (χ0n) is 12.8. The SMILES string of the molecule is CCCc1nc2ccc(C(=O)O)cc2n1CC(C)CSC. The van der Waals surface area contributed by atoms with Crippen LogP contribution in [0.15, 0.2) is 18.2 Å². The van der Waals surface area contributed by atoms with E-state index >= 15 is 0 Å². The highest BCUT2D eigenvalue weighted by atomic mass is 32.2. The van der Waals surface area contributed by atoms with Gasteiger partial charge in [-0.05, 0) is 42.5 Å². The molecule has 1 aromatic heterocycles. The molecule has 0 bridgehead atoms. The highest BCUT2D eigenvalue weighted by Crippen LogP contribution is 2.21. The minimum Gasteiger partial charge on any atom is -0.478 e. The smallest absolute Gasteiger partial charge is 0.335 e. The molecule has 1 aromatic carbocycles. The van der Waals surface area contributed by atoms with Gasteiger partial charge in [0.05, 0.1) is 16.6 Å². The summed E-state index contributed by atoms with van der Waals surface area (Å²) >= 11 is 1.84. The van der Waals surface area contributed by atoms with Gasteiger partial charge in [-0.15, -0.1) is 0 Å². The van der Waals surface area contributed by atoms with Gasteiger partial charge in [-0.25, -0.2) is 9.78 Å². The number of aromatic nitrogens is 2. The second-order valence-electron chi connectivity index (χ2n) is 5.46. The first-order chi connectivity index (χ1) is 10.1. The largest absolute Gasteiger partial charge is 0.478 e. The Kier molecular flexibility index (Phi) is 5.28. The van der Waals surface area contributed by atoms with Crippen LogP contribution in [0.5, 0.6) is 0 Å². The van der Waals surface area contributed by atoms with Crippen molar-refractivity contribution in [1.29, 1.82) is 0 Å². The van der Waals surface area contributed by atoms with Gasteiger partial charge in [0.15, 0.2) is 0 Å². The Labute approximate surface area is 129 Å². The monoisotopic (exact) mass is 306 g/mol. The number of carboxylic acids is 1. The molecule has 5 heteroatoms. The van der Waals surface area contributed by atoms with Crippen LogP contribution in [0.2, 0.25) is 0 Å². The Balaban J connectivity index is 2.48. The highest BCUT2D eigenvalue weighted by molar-refractivity contribution is 7.98. The molecule has 1 unspecified atom stereocenters. The van der Waals surface area contributed by atoms with Crippen LogP contribution in [0.4, 0.5) is 0 Å². The number of thioether (sulfide) groups is 1. The predicted octanol–water partition coefficient (Wildman–Crippen LogP) is 3.69. The fourth-order valence-corrected chi connectivity index (χ4v) is 3.25. The van der Waals surface area contributed by atoms with Gasteiger partial charge in [0, 0.05) is 13.0 Å². The molecular formula is C16H22N2O2S. The van der Waals surface area contributed by atoms with Crippen molar-refractivity contribution in [3.8, 4) is 0 Å². The molecule has 0 aliphatic rings. The fraction of sp³-hybridized carbons (Fsp3) is 0.500. The number of aryl methyl sites for hydroxylation is 1. The van der Waals surface area contributed by atoms with Gasteiger partial charge in [0.1, 0.15) is 5.82 Å². The van der Waals surface area contributed by atoms with Crippen molar-refractivity contribution < 1.29 is 9.90 Å². The van der Waals surface area contributed by atoms with E-state index in [0.29, 0.717) is 11.5 Å². The molecule has 0 saturated carbocycles. The van der Waals surface area contributed by atoms with Gasteiger partial charge >= 0.3 is 5.97 Å². The van der Waals surface area contributed by atoms with Crippen LogP contribution in [-0.2, 0) is 13.0 Å². The average molecular weight is 306 g/mol. The third kappa shape index (κ3) is 3.59. The molecule has 2 aromatic rings. The molecule has 1 heterocycles. The highest BCUT2D eigenvalue weighted by Gasteiger charge is 2.14. The number of carbonyl (C=O) groups is 1. The zero-order valence-corrected chi connectivity index (χ0v) is 13.6. The first kappa shape index (κ1) is 15.9. The average Bonchev–Trinajstić information content (AvgIpc) is 2.77. The summed E-state index contributed by atoms with van der Waals surface area (Å²) in [5.41, 5.74) is 2.15. The van der Waals surface area contributed by atoms with Crippen LogP contribution in [0.3, 0.4) is 0 Å². The Morgan fingerprint density at radius 2 is 2.24 bits per heavy atom. The lowest BCUT2D eigenvalue weighted by molar-refractivity contribution is 0.0697. The molecular weight excluding hydrogens is 284 g/mol. The molecule has 2 rings (SSSR count). The maximum absolute atomic E-state index is 11.2. The van der Waals surface area contributed by atoms with Crippen LogP contribution in [0, 0.1) is 5.92 Å². The molecule has 0 amide bonds. The number of nitrogens with zero attached hydrogens (tertiary/aromatic N) is 2. The van der Waals surface area contributed by atoms with E-state index in [1.54, 1.807) is 12.1 Å². The molecule has 4 nitrogen and oxygen atoms in total. The summed E-state index contributed by atoms with van der Waals surface area (Å²) in [7, 11) is 0. The first-order valence-corrected chi connectivity index (χ1v) is 8.67. The first-order valence-electron chi connectivity index (χ1n) is 7.28. The third-order valence-electron chi connectivity index (χ3n) is 3.49. The second kappa shape index (κ2) is 6.98. The lowest BCUT2D eigenvalue weighted by atomic mass is 10.2. The van der Waals surface area contributed by atoms with E-state index in [1.165, 1.54) is 0 Å². The van der Waals surface area contributed by atoms with E-state index in [0.717, 1.165) is 42.0 Å². The van der Waals surface area contributed by atoms with Crippen LogP contribution >= 0.6 is 11.8 Å². The molecule has 0 aliphatic heterocycles. The van der Waals surface area contributed by atoms with Crippen molar-refractivity contribution in [3.05, 3.63) is 29.6 Å². The van der Waals surface area contributed by atoms with E-state index in [9.17, 15) is 9.90 Å². The summed E-state index contributed by atoms with van der Waals surface area (Å²) in [5, 5.41) is 9.18. The number of benzene rings is 1. The van der Waals surface area contributed by atoms with E-state index in [-0.39, 0.29) is 0 Å². The van der Waals surface area contributed by atoms with Crippen molar-refractivity contribution in [2.45, 2.75) is 33.2 Å². The molecule has 0 aliphatic carbocycles. The molecule has 0 spiro atoms. The van der Waals surface area contributed by atoms with Gasteiger partial charge in [-0.1, -0.05) is 13.8 Å². The maximum Gasteiger partial charge on any atom is 0.335 e. The van der Waals surface area contributed by atoms with Gasteiger partial charge in [0.2, 0.25) is 0 Å². The van der Waals surface area contributed by atoms with Gasteiger partial charge in [0.25, 0.3) is 0 Å². The topological polar surface area (TPSA) is 55.1 Å². The van der Waals surface area contributed by atoms with Gasteiger partial charge in [-0.2, -0.15) is 11.8 Å². The van der Waals surface area contributed by atoms with Crippen molar-refractivity contribution in [2.75, 3.05) is 12.0 Å². The number of imidazole rings is 1. The minimum absolute atomic E-state index is 0.323. The van der Waals surface area contributed by atoms with Gasteiger partial charge in [-0.3, -0.25) is 0 Å². The normalized spacial score (nSPS) is 12.7. The van der Waals surface area contributed by atoms with Crippen molar-refractivity contribution in [3.63, 3.8) is 0 Å². The summed E-state index contributed by atoms with van der Waals surface area (Å²) in [4.78, 5) is 15.9. The summed E-state index contributed by atoms with van der Waals surface area (Å²) < 4.78 is 2.20. The number of carboxylic acid groups (broad SMARTS) is 1. The number of aromatic carboxylic acids is 1. The predicted molar refractivity (Wildman–Crippen MR) is 88.2 cm³/mol. The summed E-state index contributed by atoms with van der Waals surface area (Å²) in [5.74, 6) is 1.78. The molecule has 114 valence electrons. The van der Waals surface area contributed by atoms with Crippen molar-refractivity contribution in [2.24, 2.45) is 5.92 Å². The second-order valence-corrected chi connectivity index (χ2v) is 6.37. The van der Waals surface area contributed by atoms with E-state index in [1.807, 2.05) is 17.8 Å². The molecule has 1 atom stereocenters. The standard InChI is InChI=1S/C16H22N2O2S/c1-4-5-15-17-13-7-6-12(16(19)20)8-14(13)18(15)9-11(2)10-21-3/h6-8,11H,4-5,9-10H2,1-3H3,(H,19,20). The Morgan fingerprint density at radius 1 is 1.48 bits per heavy atom. The summed E-state index contributed by atoms with van der Waals surface area (Å²) in [6.45, 7) is 5.24. The molecule has 0 saturated heterocycles. The van der Waals surface area contributed by atoms with Crippen LogP contribution in [0.25, 0.3) is 11.0 Å². The Morgan fingerprint density at radius 3 is 2.86 bits per heavy atom. The van der Waals surface area contributed by atoms with Crippen LogP contribution in [-0.4, -0.2) is 32.6 Å². The molecule has 0 radical (unpaired) electrons. The van der Waals surface area contributed by atoms with Crippen molar-refractivity contribution >= 4 is 28.8 Å². The van der Waals surface area contributed by atoms with E-state index < -0.39 is 5.97 Å². The number of rotatable bonds is 7. The van der Waals surface area contributed by atoms with Crippen LogP contribution in [0.1, 0.15) is 36.5 Å². The van der Waals surface area contributed by atoms with E-state index in [4.69, 9.17) is 0 Å². The number of hydrogen-bond donors (Lipinski definition) is 1. The third-order valence-corrected chi connectivity index (χ3v) is 4.40. The Hall–Kier alpha value is -1.49. The molecule has 21 heavy (non-hydrogen) atoms. The Bertz CT molecular complexity index is 636. The number of hydrogen-bond acceptors (Lipinski definition) is 3. The number of fused-ring (bicyclic) bond motifs is 1. The van der Waals surface area contributed by atoms with Crippen LogP contribution < -0.4 is 0 Å². The summed E-state index contributed by atoms with van der Waals surface area (Å²) in [6.07, 6.45) is 4.06. The lowest BCUT2D eigenvalue weighted by Crippen LogP contribution is -2.12. The maximum atomic E-state index is 11.2. The van der Waals surface area contributed by atoms with Crippen molar-refractivity contribution in [1.82, 2.24) is 9.55 Å². The van der Waals surface area contributed by atoms with E-state index in [2.05, 4.69) is 29.7 Å². The lowest BCUT2D eigenvalue weighted by Gasteiger charge is -2.14. The molecule has 1 N–H and O–H groups in total. The zero-order chi connectivity index (χ0) is 15.4. The quantitative estimate of drug-likeness (QED) is 0.847.